The van der Waals surface area contributed by atoms with Gasteiger partial charge in [-0.1, -0.05) is 48.8 Å². The quantitative estimate of drug-likeness (QED) is 0.480. The van der Waals surface area contributed by atoms with Crippen LogP contribution in [0.4, 0.5) is 0 Å². The van der Waals surface area contributed by atoms with Crippen LogP contribution >= 0.6 is 15.9 Å². The van der Waals surface area contributed by atoms with E-state index in [4.69, 9.17) is 9.47 Å². The summed E-state index contributed by atoms with van der Waals surface area (Å²) < 4.78 is 12.0. The number of aryl methyl sites for hydroxylation is 1. The predicted molar refractivity (Wildman–Crippen MR) is 130 cm³/mol. The molecule has 174 valence electrons. The van der Waals surface area contributed by atoms with Crippen molar-refractivity contribution in [3.05, 3.63) is 58.1 Å². The molecule has 0 aliphatic carbocycles. The van der Waals surface area contributed by atoms with Crippen molar-refractivity contribution in [2.75, 3.05) is 20.3 Å². The van der Waals surface area contributed by atoms with E-state index in [9.17, 15) is 9.59 Å². The third-order valence-electron chi connectivity index (χ3n) is 5.07. The van der Waals surface area contributed by atoms with Crippen molar-refractivity contribution < 1.29 is 19.1 Å². The maximum absolute atomic E-state index is 13.2. The number of hydrogen-bond acceptors (Lipinski definition) is 4. The van der Waals surface area contributed by atoms with Crippen LogP contribution in [0.15, 0.2) is 46.9 Å². The molecule has 0 radical (unpaired) electrons. The molecule has 0 heterocycles. The lowest BCUT2D eigenvalue weighted by molar-refractivity contribution is -0.143. The molecule has 2 amide bonds. The molecule has 2 rings (SSSR count). The lowest BCUT2D eigenvalue weighted by Gasteiger charge is -2.31. The summed E-state index contributed by atoms with van der Waals surface area (Å²) in [6, 6.07) is 12.5. The summed E-state index contributed by atoms with van der Waals surface area (Å²) in [5.74, 6) is 1.28. The van der Waals surface area contributed by atoms with Crippen LogP contribution in [0.2, 0.25) is 0 Å². The van der Waals surface area contributed by atoms with Gasteiger partial charge in [0.05, 0.1) is 7.11 Å². The first-order valence-electron chi connectivity index (χ1n) is 10.8. The SMILES string of the molecule is CC[C@H](C(=O)NCC(C)C)N(Cc1ccc(OC)cc1)C(=O)COc1ccc(Br)c(C)c1. The van der Waals surface area contributed by atoms with E-state index in [0.29, 0.717) is 31.2 Å². The van der Waals surface area contributed by atoms with Crippen molar-refractivity contribution in [2.45, 2.75) is 46.7 Å². The van der Waals surface area contributed by atoms with Crippen LogP contribution in [-0.2, 0) is 16.1 Å². The van der Waals surface area contributed by atoms with Crippen LogP contribution in [0.25, 0.3) is 0 Å². The molecule has 2 aromatic rings. The van der Waals surface area contributed by atoms with E-state index in [-0.39, 0.29) is 18.4 Å². The summed E-state index contributed by atoms with van der Waals surface area (Å²) >= 11 is 3.46. The van der Waals surface area contributed by atoms with Gasteiger partial charge in [-0.25, -0.2) is 0 Å². The lowest BCUT2D eigenvalue weighted by Crippen LogP contribution is -2.50. The van der Waals surface area contributed by atoms with Crippen molar-refractivity contribution in [3.63, 3.8) is 0 Å². The molecule has 0 unspecified atom stereocenters. The van der Waals surface area contributed by atoms with Gasteiger partial charge in [0.2, 0.25) is 5.91 Å². The number of rotatable bonds is 11. The fourth-order valence-corrected chi connectivity index (χ4v) is 3.45. The number of nitrogens with one attached hydrogen (secondary N) is 1. The number of hydrogen-bond donors (Lipinski definition) is 1. The highest BCUT2D eigenvalue weighted by Crippen LogP contribution is 2.22. The van der Waals surface area contributed by atoms with E-state index in [2.05, 4.69) is 21.2 Å². The fraction of sp³-hybridized carbons (Fsp3) is 0.440. The van der Waals surface area contributed by atoms with Crippen LogP contribution in [0.3, 0.4) is 0 Å². The average molecular weight is 505 g/mol. The maximum atomic E-state index is 13.2. The standard InChI is InChI=1S/C25H33BrN2O4/c1-6-23(25(30)27-14-17(2)3)28(15-19-7-9-20(31-5)10-8-19)24(29)16-32-21-11-12-22(26)18(4)13-21/h7-13,17,23H,6,14-16H2,1-5H3,(H,27,30)/t23-/m1/s1. The van der Waals surface area contributed by atoms with Gasteiger partial charge in [-0.05, 0) is 60.7 Å². The second-order valence-corrected chi connectivity index (χ2v) is 8.99. The average Bonchev–Trinajstić information content (AvgIpc) is 2.78. The van der Waals surface area contributed by atoms with E-state index in [1.807, 2.05) is 70.2 Å². The normalized spacial score (nSPS) is 11.7. The molecule has 0 spiro atoms. The number of ether oxygens (including phenoxy) is 2. The van der Waals surface area contributed by atoms with Crippen molar-refractivity contribution in [2.24, 2.45) is 5.92 Å². The van der Waals surface area contributed by atoms with Crippen molar-refractivity contribution in [1.82, 2.24) is 10.2 Å². The molecule has 0 aliphatic heterocycles. The van der Waals surface area contributed by atoms with Crippen LogP contribution in [0.1, 0.15) is 38.3 Å². The van der Waals surface area contributed by atoms with Crippen LogP contribution < -0.4 is 14.8 Å². The Morgan fingerprint density at radius 3 is 2.31 bits per heavy atom. The van der Waals surface area contributed by atoms with E-state index < -0.39 is 6.04 Å². The van der Waals surface area contributed by atoms with Gasteiger partial charge in [-0.2, -0.15) is 0 Å². The topological polar surface area (TPSA) is 67.9 Å². The van der Waals surface area contributed by atoms with E-state index in [1.54, 1.807) is 12.0 Å². The zero-order valence-electron chi connectivity index (χ0n) is 19.5. The molecule has 1 N–H and O–H groups in total. The Labute approximate surface area is 199 Å². The molecule has 1 atom stereocenters. The first-order valence-corrected chi connectivity index (χ1v) is 11.6. The van der Waals surface area contributed by atoms with Crippen molar-refractivity contribution >= 4 is 27.7 Å². The third kappa shape index (κ3) is 7.55. The second-order valence-electron chi connectivity index (χ2n) is 8.13. The van der Waals surface area contributed by atoms with Gasteiger partial charge in [-0.15, -0.1) is 0 Å². The lowest BCUT2D eigenvalue weighted by atomic mass is 10.1. The predicted octanol–water partition coefficient (Wildman–Crippen LogP) is 4.72. The number of carbonyl (C=O) groups is 2. The Kier molecular flexibility index (Phi) is 10.0. The summed E-state index contributed by atoms with van der Waals surface area (Å²) in [5, 5.41) is 2.96. The number of carbonyl (C=O) groups excluding carboxylic acids is 2. The molecule has 0 aromatic heterocycles. The fourth-order valence-electron chi connectivity index (χ4n) is 3.20. The molecule has 2 aromatic carbocycles. The van der Waals surface area contributed by atoms with Crippen LogP contribution in [-0.4, -0.2) is 43.0 Å². The summed E-state index contributed by atoms with van der Waals surface area (Å²) in [5.41, 5.74) is 1.93. The number of amides is 2. The Morgan fingerprint density at radius 1 is 1.09 bits per heavy atom. The summed E-state index contributed by atoms with van der Waals surface area (Å²) in [6.45, 7) is 8.66. The van der Waals surface area contributed by atoms with E-state index >= 15 is 0 Å². The highest BCUT2D eigenvalue weighted by Gasteiger charge is 2.29. The van der Waals surface area contributed by atoms with Crippen molar-refractivity contribution in [1.29, 1.82) is 0 Å². The Bertz CT molecular complexity index is 899. The molecule has 0 bridgehead atoms. The molecule has 0 aliphatic rings. The summed E-state index contributed by atoms with van der Waals surface area (Å²) in [7, 11) is 1.61. The first kappa shape index (κ1) is 25.7. The smallest absolute Gasteiger partial charge is 0.261 e. The zero-order chi connectivity index (χ0) is 23.7. The highest BCUT2D eigenvalue weighted by atomic mass is 79.9. The molecule has 0 saturated heterocycles. The second kappa shape index (κ2) is 12.5. The van der Waals surface area contributed by atoms with E-state index in [0.717, 1.165) is 21.3 Å². The van der Waals surface area contributed by atoms with Crippen LogP contribution in [0, 0.1) is 12.8 Å². The van der Waals surface area contributed by atoms with Crippen LogP contribution in [0.5, 0.6) is 11.5 Å². The maximum Gasteiger partial charge on any atom is 0.261 e. The highest BCUT2D eigenvalue weighted by molar-refractivity contribution is 9.10. The molecule has 32 heavy (non-hydrogen) atoms. The number of halogens is 1. The number of methoxy groups -OCH3 is 1. The minimum atomic E-state index is -0.585. The molecule has 0 fully saturated rings. The van der Waals surface area contributed by atoms with Gasteiger partial charge >= 0.3 is 0 Å². The monoisotopic (exact) mass is 504 g/mol. The van der Waals surface area contributed by atoms with Gasteiger partial charge in [0.1, 0.15) is 17.5 Å². The van der Waals surface area contributed by atoms with E-state index in [1.165, 1.54) is 0 Å². The Hall–Kier alpha value is -2.54. The zero-order valence-corrected chi connectivity index (χ0v) is 21.1. The van der Waals surface area contributed by atoms with Gasteiger partial charge in [0.25, 0.3) is 5.91 Å². The number of benzene rings is 2. The van der Waals surface area contributed by atoms with Crippen molar-refractivity contribution in [3.8, 4) is 11.5 Å². The molecule has 0 saturated carbocycles. The number of nitrogens with zero attached hydrogens (tertiary/aromatic N) is 1. The van der Waals surface area contributed by atoms with Gasteiger partial charge in [-0.3, -0.25) is 9.59 Å². The Balaban J connectivity index is 2.20. The molecule has 7 heteroatoms. The minimum Gasteiger partial charge on any atom is -0.497 e. The van der Waals surface area contributed by atoms with Gasteiger partial charge < -0.3 is 19.7 Å². The summed E-state index contributed by atoms with van der Waals surface area (Å²) in [6.07, 6.45) is 0.503. The Morgan fingerprint density at radius 2 is 1.75 bits per heavy atom. The largest absolute Gasteiger partial charge is 0.497 e. The molecule has 6 nitrogen and oxygen atoms in total. The molecular weight excluding hydrogens is 472 g/mol. The third-order valence-corrected chi connectivity index (χ3v) is 5.96. The molecular formula is C25H33BrN2O4. The van der Waals surface area contributed by atoms with Gasteiger partial charge in [0.15, 0.2) is 6.61 Å². The van der Waals surface area contributed by atoms with Gasteiger partial charge in [0, 0.05) is 17.6 Å². The summed E-state index contributed by atoms with van der Waals surface area (Å²) in [4.78, 5) is 27.7. The first-order chi connectivity index (χ1) is 15.2. The minimum absolute atomic E-state index is 0.148.